The first kappa shape index (κ1) is 16.3. The van der Waals surface area contributed by atoms with Gasteiger partial charge in [0.05, 0.1) is 30.9 Å². The van der Waals surface area contributed by atoms with E-state index in [1.54, 1.807) is 6.07 Å². The fraction of sp³-hybridized carbons (Fsp3) is 0.562. The van der Waals surface area contributed by atoms with E-state index < -0.39 is 23.4 Å². The third-order valence-corrected chi connectivity index (χ3v) is 4.42. The van der Waals surface area contributed by atoms with Crippen molar-refractivity contribution in [1.29, 1.82) is 0 Å². The first-order chi connectivity index (χ1) is 10.9. The average Bonchev–Trinajstić information content (AvgIpc) is 2.51. The average molecular weight is 329 g/mol. The lowest BCUT2D eigenvalue weighted by Crippen LogP contribution is -2.55. The van der Waals surface area contributed by atoms with Crippen molar-refractivity contribution in [2.24, 2.45) is 0 Å². The molecule has 1 saturated carbocycles. The summed E-state index contributed by atoms with van der Waals surface area (Å²) in [4.78, 5) is 12.3. The van der Waals surface area contributed by atoms with Crippen LogP contribution in [0, 0.1) is 0 Å². The molecule has 1 aliphatic carbocycles. The summed E-state index contributed by atoms with van der Waals surface area (Å²) in [5.41, 5.74) is -0.949. The Morgan fingerprint density at radius 2 is 2.04 bits per heavy atom. The maximum absolute atomic E-state index is 12.9. The van der Waals surface area contributed by atoms with E-state index in [0.29, 0.717) is 31.6 Å². The second-order valence-corrected chi connectivity index (χ2v) is 5.94. The Labute approximate surface area is 132 Å². The zero-order valence-corrected chi connectivity index (χ0v) is 12.5. The molecule has 0 bridgehead atoms. The SMILES string of the molecule is O=C(NC1(c2cccc(C(F)(F)F)c2)CCC1)[C@H]1COCCO1. The van der Waals surface area contributed by atoms with Crippen LogP contribution in [0.3, 0.4) is 0 Å². The van der Waals surface area contributed by atoms with Crippen molar-refractivity contribution in [1.82, 2.24) is 5.32 Å². The Morgan fingerprint density at radius 3 is 2.61 bits per heavy atom. The third kappa shape index (κ3) is 3.35. The van der Waals surface area contributed by atoms with Crippen LogP contribution in [-0.4, -0.2) is 31.8 Å². The van der Waals surface area contributed by atoms with Crippen molar-refractivity contribution in [2.45, 2.75) is 37.1 Å². The number of halogens is 3. The van der Waals surface area contributed by atoms with Gasteiger partial charge in [0, 0.05) is 0 Å². The van der Waals surface area contributed by atoms with Crippen molar-refractivity contribution >= 4 is 5.91 Å². The van der Waals surface area contributed by atoms with Crippen LogP contribution in [0.1, 0.15) is 30.4 Å². The molecule has 1 N–H and O–H groups in total. The smallest absolute Gasteiger partial charge is 0.376 e. The van der Waals surface area contributed by atoms with Crippen LogP contribution in [0.15, 0.2) is 24.3 Å². The van der Waals surface area contributed by atoms with Gasteiger partial charge in [-0.05, 0) is 37.0 Å². The van der Waals surface area contributed by atoms with Crippen LogP contribution in [0.4, 0.5) is 13.2 Å². The number of hydrogen-bond donors (Lipinski definition) is 1. The highest BCUT2D eigenvalue weighted by Gasteiger charge is 2.43. The molecule has 1 aliphatic heterocycles. The summed E-state index contributed by atoms with van der Waals surface area (Å²) in [6, 6.07) is 5.17. The number of carbonyl (C=O) groups excluding carboxylic acids is 1. The predicted molar refractivity (Wildman–Crippen MR) is 75.7 cm³/mol. The minimum atomic E-state index is -4.40. The van der Waals surface area contributed by atoms with Crippen molar-refractivity contribution in [2.75, 3.05) is 19.8 Å². The summed E-state index contributed by atoms with van der Waals surface area (Å²) in [7, 11) is 0. The maximum Gasteiger partial charge on any atom is 0.416 e. The summed E-state index contributed by atoms with van der Waals surface area (Å²) in [5, 5.41) is 2.88. The van der Waals surface area contributed by atoms with Gasteiger partial charge in [0.15, 0.2) is 6.10 Å². The van der Waals surface area contributed by atoms with Gasteiger partial charge < -0.3 is 14.8 Å². The topological polar surface area (TPSA) is 47.6 Å². The number of alkyl halides is 3. The van der Waals surface area contributed by atoms with Crippen LogP contribution in [-0.2, 0) is 26.0 Å². The zero-order chi connectivity index (χ0) is 16.5. The normalized spacial score (nSPS) is 23.9. The van der Waals surface area contributed by atoms with E-state index >= 15 is 0 Å². The minimum absolute atomic E-state index is 0.171. The number of hydrogen-bond acceptors (Lipinski definition) is 3. The quantitative estimate of drug-likeness (QED) is 0.927. The Balaban J connectivity index is 1.79. The maximum atomic E-state index is 12.9. The summed E-state index contributed by atoms with van der Waals surface area (Å²) >= 11 is 0. The van der Waals surface area contributed by atoms with Crippen LogP contribution < -0.4 is 5.32 Å². The Bertz CT molecular complexity index is 578. The summed E-state index contributed by atoms with van der Waals surface area (Å²) in [6.45, 7) is 0.960. The molecule has 2 fully saturated rings. The molecule has 3 rings (SSSR count). The second kappa shape index (κ2) is 6.13. The predicted octanol–water partition coefficient (Wildman–Crippen LogP) is 2.62. The van der Waals surface area contributed by atoms with Gasteiger partial charge >= 0.3 is 6.18 Å². The van der Waals surface area contributed by atoms with Gasteiger partial charge in [-0.15, -0.1) is 0 Å². The number of carbonyl (C=O) groups is 1. The Morgan fingerprint density at radius 1 is 1.26 bits per heavy atom. The highest BCUT2D eigenvalue weighted by Crippen LogP contribution is 2.43. The molecule has 0 radical (unpaired) electrons. The lowest BCUT2D eigenvalue weighted by molar-refractivity contribution is -0.150. The molecule has 1 heterocycles. The Kier molecular flexibility index (Phi) is 4.33. The fourth-order valence-corrected chi connectivity index (χ4v) is 2.96. The van der Waals surface area contributed by atoms with Gasteiger partial charge in [0.1, 0.15) is 0 Å². The van der Waals surface area contributed by atoms with E-state index in [9.17, 15) is 18.0 Å². The monoisotopic (exact) mass is 329 g/mol. The zero-order valence-electron chi connectivity index (χ0n) is 12.5. The summed E-state index contributed by atoms with van der Waals surface area (Å²) in [6.07, 6.45) is -3.00. The molecule has 0 unspecified atom stereocenters. The third-order valence-electron chi connectivity index (χ3n) is 4.42. The molecule has 0 aromatic heterocycles. The molecule has 126 valence electrons. The molecular weight excluding hydrogens is 311 g/mol. The van der Waals surface area contributed by atoms with Crippen LogP contribution in [0.25, 0.3) is 0 Å². The van der Waals surface area contributed by atoms with Crippen molar-refractivity contribution in [3.63, 3.8) is 0 Å². The summed E-state index contributed by atoms with van der Waals surface area (Å²) < 4.78 is 49.3. The van der Waals surface area contributed by atoms with Gasteiger partial charge in [-0.3, -0.25) is 4.79 Å². The molecule has 23 heavy (non-hydrogen) atoms. The van der Waals surface area contributed by atoms with Gasteiger partial charge in [-0.2, -0.15) is 13.2 Å². The van der Waals surface area contributed by atoms with Gasteiger partial charge in [-0.25, -0.2) is 0 Å². The van der Waals surface area contributed by atoms with Crippen molar-refractivity contribution in [3.8, 4) is 0 Å². The molecule has 1 aromatic carbocycles. The lowest BCUT2D eigenvalue weighted by atomic mass is 9.71. The van der Waals surface area contributed by atoms with E-state index in [-0.39, 0.29) is 12.5 Å². The van der Waals surface area contributed by atoms with E-state index in [1.165, 1.54) is 6.07 Å². The molecule has 1 atom stereocenters. The van der Waals surface area contributed by atoms with Crippen LogP contribution in [0.5, 0.6) is 0 Å². The molecule has 1 amide bonds. The van der Waals surface area contributed by atoms with E-state index in [1.807, 2.05) is 0 Å². The number of ether oxygens (including phenoxy) is 2. The number of amides is 1. The molecule has 4 nitrogen and oxygen atoms in total. The second-order valence-electron chi connectivity index (χ2n) is 5.94. The van der Waals surface area contributed by atoms with E-state index in [0.717, 1.165) is 18.6 Å². The van der Waals surface area contributed by atoms with Crippen LogP contribution in [0.2, 0.25) is 0 Å². The molecule has 0 spiro atoms. The molecule has 1 saturated heterocycles. The van der Waals surface area contributed by atoms with E-state index in [4.69, 9.17) is 9.47 Å². The van der Waals surface area contributed by atoms with Gasteiger partial charge in [0.25, 0.3) is 5.91 Å². The fourth-order valence-electron chi connectivity index (χ4n) is 2.96. The lowest BCUT2D eigenvalue weighted by Gasteiger charge is -2.44. The van der Waals surface area contributed by atoms with Gasteiger partial charge in [0.2, 0.25) is 0 Å². The Hall–Kier alpha value is -1.60. The van der Waals surface area contributed by atoms with E-state index in [2.05, 4.69) is 5.32 Å². The number of nitrogens with one attached hydrogen (secondary N) is 1. The molecular formula is C16H18F3NO3. The molecule has 1 aromatic rings. The van der Waals surface area contributed by atoms with Crippen molar-refractivity contribution in [3.05, 3.63) is 35.4 Å². The highest BCUT2D eigenvalue weighted by atomic mass is 19.4. The molecule has 7 heteroatoms. The summed E-state index contributed by atoms with van der Waals surface area (Å²) in [5.74, 6) is -0.332. The van der Waals surface area contributed by atoms with Crippen molar-refractivity contribution < 1.29 is 27.4 Å². The standard InChI is InChI=1S/C16H18F3NO3/c17-16(18,19)12-4-1-3-11(9-12)15(5-2-6-15)20-14(21)13-10-22-7-8-23-13/h1,3-4,9,13H,2,5-8,10H2,(H,20,21)/t13-/m1/s1. The molecule has 2 aliphatic rings. The number of rotatable bonds is 3. The highest BCUT2D eigenvalue weighted by molar-refractivity contribution is 5.82. The number of benzene rings is 1. The minimum Gasteiger partial charge on any atom is -0.376 e. The van der Waals surface area contributed by atoms with Crippen LogP contribution >= 0.6 is 0 Å². The first-order valence-electron chi connectivity index (χ1n) is 7.60. The largest absolute Gasteiger partial charge is 0.416 e. The first-order valence-corrected chi connectivity index (χ1v) is 7.60. The van der Waals surface area contributed by atoms with Gasteiger partial charge in [-0.1, -0.05) is 12.1 Å².